The zero-order valence-electron chi connectivity index (χ0n) is 35.0. The van der Waals surface area contributed by atoms with Crippen LogP contribution in [0.4, 0.5) is 41.6 Å². The van der Waals surface area contributed by atoms with Gasteiger partial charge in [-0.25, -0.2) is 14.6 Å². The third kappa shape index (κ3) is 14.4. The summed E-state index contributed by atoms with van der Waals surface area (Å²) in [5, 5.41) is 7.32. The standard InChI is InChI=1S/C35H40F6N4O7.C8H10O/c1-9-11-18-33(35(39,40)41,49-21-22-16-14-13-15-17-22)28-44-43-27(50-28)25-24(20-23(34(36,37)38)26(42-25)48-19-12-10-2)45(29(46)51-31(3,4)5)30(47)52-32(6,7)8;1-9-7-8-5-3-2-4-6-8/h9-10,13-17,20H,1-2,11-12,18-19,21H2,3-8H3;2-6H,7H2,1H3. The molecule has 61 heavy (non-hydrogen) atoms. The van der Waals surface area contributed by atoms with Gasteiger partial charge in [-0.2, -0.15) is 31.2 Å². The number of alkyl halides is 6. The van der Waals surface area contributed by atoms with E-state index in [9.17, 15) is 22.8 Å². The number of hydrogen-bond donors (Lipinski definition) is 0. The number of allylic oxidation sites excluding steroid dienone is 1. The molecule has 0 aliphatic heterocycles. The number of anilines is 1. The molecular formula is C43H50F6N4O8. The Balaban J connectivity index is 0.000000972. The molecule has 18 heteroatoms. The molecule has 0 aliphatic rings. The van der Waals surface area contributed by atoms with Gasteiger partial charge < -0.3 is 28.1 Å². The van der Waals surface area contributed by atoms with Crippen molar-refractivity contribution in [3.63, 3.8) is 0 Å². The van der Waals surface area contributed by atoms with Crippen LogP contribution in [0.3, 0.4) is 0 Å². The van der Waals surface area contributed by atoms with Crippen molar-refractivity contribution in [2.45, 2.75) is 103 Å². The molecule has 2 aromatic carbocycles. The second-order valence-electron chi connectivity index (χ2n) is 15.2. The van der Waals surface area contributed by atoms with Crippen molar-refractivity contribution in [3.05, 3.63) is 115 Å². The number of carbonyl (C=O) groups is 2. The summed E-state index contributed by atoms with van der Waals surface area (Å²) in [6.45, 7) is 15.3. The monoisotopic (exact) mass is 864 g/mol. The summed E-state index contributed by atoms with van der Waals surface area (Å²) in [4.78, 5) is 31.1. The highest BCUT2D eigenvalue weighted by atomic mass is 19.4. The van der Waals surface area contributed by atoms with Gasteiger partial charge in [-0.3, -0.25) is 0 Å². The third-order valence-corrected chi connectivity index (χ3v) is 7.84. The lowest BCUT2D eigenvalue weighted by Gasteiger charge is -2.32. The molecule has 2 aromatic heterocycles. The maximum absolute atomic E-state index is 15.1. The summed E-state index contributed by atoms with van der Waals surface area (Å²) >= 11 is 0. The molecule has 0 bridgehead atoms. The molecule has 0 fully saturated rings. The van der Waals surface area contributed by atoms with Crippen molar-refractivity contribution in [1.29, 1.82) is 0 Å². The van der Waals surface area contributed by atoms with Gasteiger partial charge in [0.05, 0.1) is 25.5 Å². The second kappa shape index (κ2) is 21.2. The summed E-state index contributed by atoms with van der Waals surface area (Å²) < 4.78 is 121. The van der Waals surface area contributed by atoms with Gasteiger partial charge >= 0.3 is 24.5 Å². The number of benzene rings is 2. The minimum absolute atomic E-state index is 0.0683. The Morgan fingerprint density at radius 1 is 0.770 bits per heavy atom. The highest BCUT2D eigenvalue weighted by Gasteiger charge is 2.61. The van der Waals surface area contributed by atoms with Gasteiger partial charge in [0.2, 0.25) is 11.5 Å². The predicted octanol–water partition coefficient (Wildman–Crippen LogP) is 11.6. The maximum atomic E-state index is 15.1. The first-order chi connectivity index (χ1) is 28.5. The normalized spacial score (nSPS) is 12.9. The van der Waals surface area contributed by atoms with Crippen molar-refractivity contribution in [2.75, 3.05) is 18.6 Å². The molecular weight excluding hydrogens is 814 g/mol. The maximum Gasteiger partial charge on any atom is 0.426 e. The highest BCUT2D eigenvalue weighted by molar-refractivity contribution is 6.11. The van der Waals surface area contributed by atoms with E-state index in [1.807, 2.05) is 30.3 Å². The molecule has 4 aromatic rings. The van der Waals surface area contributed by atoms with Gasteiger partial charge in [-0.15, -0.1) is 23.4 Å². The van der Waals surface area contributed by atoms with Gasteiger partial charge in [0.15, 0.2) is 5.69 Å². The summed E-state index contributed by atoms with van der Waals surface area (Å²) in [6, 6.07) is 18.3. The summed E-state index contributed by atoms with van der Waals surface area (Å²) in [7, 11) is 1.70. The van der Waals surface area contributed by atoms with Crippen LogP contribution in [0.15, 0.2) is 96.5 Å². The molecule has 332 valence electrons. The molecule has 0 radical (unpaired) electrons. The number of nitrogens with zero attached hydrogens (tertiary/aromatic N) is 4. The molecule has 12 nitrogen and oxygen atoms in total. The Labute approximate surface area is 350 Å². The molecule has 0 N–H and O–H groups in total. The minimum atomic E-state index is -5.20. The second-order valence-corrected chi connectivity index (χ2v) is 15.2. The Kier molecular flexibility index (Phi) is 17.2. The van der Waals surface area contributed by atoms with Crippen molar-refractivity contribution in [1.82, 2.24) is 15.2 Å². The first-order valence-corrected chi connectivity index (χ1v) is 18.8. The lowest BCUT2D eigenvalue weighted by Crippen LogP contribution is -2.45. The van der Waals surface area contributed by atoms with Crippen LogP contribution in [0.2, 0.25) is 0 Å². The zero-order chi connectivity index (χ0) is 45.6. The fourth-order valence-corrected chi connectivity index (χ4v) is 5.15. The predicted molar refractivity (Wildman–Crippen MR) is 213 cm³/mol. The molecule has 1 unspecified atom stereocenters. The number of ether oxygens (including phenoxy) is 5. The molecule has 0 aliphatic carbocycles. The number of halogens is 6. The van der Waals surface area contributed by atoms with Crippen molar-refractivity contribution < 1.29 is 64.0 Å². The van der Waals surface area contributed by atoms with Gasteiger partial charge in [0, 0.05) is 7.11 Å². The van der Waals surface area contributed by atoms with Gasteiger partial charge in [-0.05, 0) is 78.0 Å². The zero-order valence-corrected chi connectivity index (χ0v) is 35.0. The van der Waals surface area contributed by atoms with Gasteiger partial charge in [-0.1, -0.05) is 72.8 Å². The number of amides is 2. The van der Waals surface area contributed by atoms with Crippen molar-refractivity contribution in [3.8, 4) is 17.5 Å². The molecule has 2 heterocycles. The molecule has 0 saturated heterocycles. The molecule has 2 amide bonds. The molecule has 0 spiro atoms. The van der Waals surface area contributed by atoms with Crippen LogP contribution in [0.5, 0.6) is 5.88 Å². The Hall–Kier alpha value is -5.75. The topological polar surface area (TPSA) is 135 Å². The molecule has 4 rings (SSSR count). The Morgan fingerprint density at radius 2 is 1.30 bits per heavy atom. The van der Waals surface area contributed by atoms with Crippen molar-refractivity contribution >= 4 is 17.9 Å². The lowest BCUT2D eigenvalue weighted by molar-refractivity contribution is -0.299. The van der Waals surface area contributed by atoms with Crippen LogP contribution in [-0.2, 0) is 43.9 Å². The fraction of sp³-hybridized carbons (Fsp3) is 0.419. The van der Waals surface area contributed by atoms with E-state index in [0.717, 1.165) is 0 Å². The van der Waals surface area contributed by atoms with Gasteiger partial charge in [0.25, 0.3) is 11.8 Å². The van der Waals surface area contributed by atoms with E-state index >= 15 is 13.2 Å². The lowest BCUT2D eigenvalue weighted by atomic mass is 9.96. The number of carbonyl (C=O) groups excluding carboxylic acids is 2. The van der Waals surface area contributed by atoms with Crippen LogP contribution in [-0.4, -0.2) is 58.5 Å². The van der Waals surface area contributed by atoms with E-state index in [2.05, 4.69) is 28.3 Å². The number of hydrogen-bond acceptors (Lipinski definition) is 11. The first kappa shape index (κ1) is 49.6. The number of rotatable bonds is 15. The quantitative estimate of drug-likeness (QED) is 0.0642. The van der Waals surface area contributed by atoms with Crippen LogP contribution < -0.4 is 9.64 Å². The summed E-state index contributed by atoms with van der Waals surface area (Å²) in [5.74, 6) is -3.15. The van der Waals surface area contributed by atoms with Crippen LogP contribution in [0.25, 0.3) is 11.6 Å². The fourth-order valence-electron chi connectivity index (χ4n) is 5.15. The largest absolute Gasteiger partial charge is 0.477 e. The van der Waals surface area contributed by atoms with E-state index in [4.69, 9.17) is 28.1 Å². The van der Waals surface area contributed by atoms with E-state index in [-0.39, 0.29) is 24.3 Å². The third-order valence-electron chi connectivity index (χ3n) is 7.84. The average Bonchev–Trinajstić information content (AvgIpc) is 3.65. The van der Waals surface area contributed by atoms with Crippen LogP contribution >= 0.6 is 0 Å². The highest BCUT2D eigenvalue weighted by Crippen LogP contribution is 2.48. The van der Waals surface area contributed by atoms with E-state index in [0.29, 0.717) is 18.2 Å². The van der Waals surface area contributed by atoms with Crippen molar-refractivity contribution in [2.24, 2.45) is 0 Å². The summed E-state index contributed by atoms with van der Waals surface area (Å²) in [5.41, 5.74) is -7.64. The summed E-state index contributed by atoms with van der Waals surface area (Å²) in [6.07, 6.45) is -11.8. The average molecular weight is 865 g/mol. The first-order valence-electron chi connectivity index (χ1n) is 18.8. The Bertz CT molecular complexity index is 2020. The Morgan fingerprint density at radius 3 is 1.75 bits per heavy atom. The molecule has 1 atom stereocenters. The van der Waals surface area contributed by atoms with Gasteiger partial charge in [0.1, 0.15) is 16.8 Å². The number of imide groups is 1. The van der Waals surface area contributed by atoms with E-state index < -0.39 is 89.0 Å². The number of methoxy groups -OCH3 is 1. The SMILES string of the molecule is C=CCCOc1nc(-c2nnc(C(CCC=C)(OCc3ccccc3)C(F)(F)F)o2)c(N(C(=O)OC(C)(C)C)C(=O)OC(C)(C)C)cc1C(F)(F)F.COCc1ccccc1. The van der Waals surface area contributed by atoms with E-state index in [1.165, 1.54) is 71.4 Å². The minimum Gasteiger partial charge on any atom is -0.477 e. The number of pyridine rings is 1. The van der Waals surface area contributed by atoms with Crippen LogP contribution in [0.1, 0.15) is 83.4 Å². The number of aromatic nitrogens is 3. The van der Waals surface area contributed by atoms with Crippen LogP contribution in [0, 0.1) is 0 Å². The van der Waals surface area contributed by atoms with E-state index in [1.54, 1.807) is 25.3 Å². The molecule has 0 saturated carbocycles. The smallest absolute Gasteiger partial charge is 0.426 e.